The fourth-order valence-corrected chi connectivity index (χ4v) is 6.01. The maximum absolute atomic E-state index is 11.5. The molecule has 146 valence electrons. The molecule has 3 aromatic rings. The maximum atomic E-state index is 11.5. The molecule has 0 radical (unpaired) electrons. The first-order valence-corrected chi connectivity index (χ1v) is 13.6. The molecule has 0 amide bonds. The Morgan fingerprint density at radius 3 is 1.79 bits per heavy atom. The van der Waals surface area contributed by atoms with Gasteiger partial charge in [-0.1, -0.05) is 24.3 Å². The van der Waals surface area contributed by atoms with Crippen LogP contribution < -0.4 is 4.52 Å². The molecule has 0 spiro atoms. The van der Waals surface area contributed by atoms with E-state index < -0.39 is 8.25 Å². The smallest absolute Gasteiger partial charge is 0.365 e. The predicted octanol–water partition coefficient (Wildman–Crippen LogP) is 9.36. The van der Waals surface area contributed by atoms with Crippen LogP contribution in [0.15, 0.2) is 69.3 Å². The molecule has 1 unspecified atom stereocenters. The Hall–Kier alpha value is 0.530. The quantitative estimate of drug-likeness (QED) is 0.212. The van der Waals surface area contributed by atoms with E-state index in [0.717, 1.165) is 43.5 Å². The van der Waals surface area contributed by atoms with Gasteiger partial charge in [-0.2, -0.15) is 0 Å². The summed E-state index contributed by atoms with van der Waals surface area (Å²) >= 11 is 21.4. The molecule has 3 nitrogen and oxygen atoms in total. The largest absolute Gasteiger partial charge is 0.426 e. The van der Waals surface area contributed by atoms with Crippen molar-refractivity contribution < 1.29 is 14.0 Å². The molecule has 1 atom stereocenters. The fourth-order valence-electron chi connectivity index (χ4n) is 2.67. The van der Waals surface area contributed by atoms with E-state index in [1.807, 2.05) is 30.3 Å². The summed E-state index contributed by atoms with van der Waals surface area (Å²) in [6.07, 6.45) is 0. The Kier molecular flexibility index (Phi) is 8.10. The van der Waals surface area contributed by atoms with Gasteiger partial charge < -0.3 is 9.42 Å². The zero-order chi connectivity index (χ0) is 20.6. The van der Waals surface area contributed by atoms with E-state index in [9.17, 15) is 9.46 Å². The minimum atomic E-state index is -3.18. The highest BCUT2D eigenvalue weighted by Gasteiger charge is 2.21. The highest BCUT2D eigenvalue weighted by atomic mass is 79.9. The molecule has 0 aliphatic heterocycles. The van der Waals surface area contributed by atoms with Crippen LogP contribution in [-0.2, 0) is 4.57 Å². The number of benzene rings is 3. The van der Waals surface area contributed by atoms with Crippen LogP contribution in [0, 0.1) is 0 Å². The average Bonchev–Trinajstić information content (AvgIpc) is 2.65. The van der Waals surface area contributed by atoms with Gasteiger partial charge in [0.05, 0.1) is 0 Å². The Balaban J connectivity index is 2.39. The van der Waals surface area contributed by atoms with Crippen molar-refractivity contribution in [1.82, 2.24) is 0 Å². The molecule has 3 aromatic carbocycles. The lowest BCUT2D eigenvalue weighted by atomic mass is 9.94. The third kappa shape index (κ3) is 4.72. The molecule has 1 N–H and O–H groups in total. The summed E-state index contributed by atoms with van der Waals surface area (Å²) in [7, 11) is -3.18. The summed E-state index contributed by atoms with van der Waals surface area (Å²) in [5.74, 6) is 0.324. The highest BCUT2D eigenvalue weighted by Crippen LogP contribution is 2.49. The number of halogens is 6. The van der Waals surface area contributed by atoms with E-state index in [4.69, 9.17) is 4.52 Å². The van der Waals surface area contributed by atoms with Gasteiger partial charge in [0.2, 0.25) is 0 Å². The molecule has 0 aliphatic carbocycles. The molecule has 10 heteroatoms. The lowest BCUT2D eigenvalue weighted by molar-refractivity contribution is 0.411. The van der Waals surface area contributed by atoms with Gasteiger partial charge in [-0.3, -0.25) is 0 Å². The summed E-state index contributed by atoms with van der Waals surface area (Å²) in [5, 5.41) is 0. The highest BCUT2D eigenvalue weighted by molar-refractivity contribution is 9.15. The van der Waals surface area contributed by atoms with Gasteiger partial charge in [-0.25, -0.2) is 4.57 Å². The van der Waals surface area contributed by atoms with Gasteiger partial charge in [0, 0.05) is 38.0 Å². The minimum absolute atomic E-state index is 0.324. The molecule has 28 heavy (non-hydrogen) atoms. The topological polar surface area (TPSA) is 46.5 Å². The lowest BCUT2D eigenvalue weighted by Gasteiger charge is -2.18. The molecule has 0 fully saturated rings. The van der Waals surface area contributed by atoms with E-state index in [1.165, 1.54) is 0 Å². The van der Waals surface area contributed by atoms with Gasteiger partial charge in [0.15, 0.2) is 0 Å². The second-order valence-electron chi connectivity index (χ2n) is 5.49. The Morgan fingerprint density at radius 2 is 1.21 bits per heavy atom. The van der Waals surface area contributed by atoms with E-state index in [2.05, 4.69) is 95.6 Å². The van der Waals surface area contributed by atoms with Crippen molar-refractivity contribution >= 4 is 104 Å². The van der Waals surface area contributed by atoms with Crippen molar-refractivity contribution in [2.45, 2.75) is 0 Å². The standard InChI is InChI=1S/C18H9Br6O3P/c19-11-6-4-9(15(21)17(11)23)8-2-1-3-13(27-28(25)26)14(8)10-5-7-12(20)18(24)16(10)22/h1-7,28H,(H,25,26). The lowest BCUT2D eigenvalue weighted by Crippen LogP contribution is -1.93. The average molecular weight is 784 g/mol. The van der Waals surface area contributed by atoms with Crippen LogP contribution in [0.1, 0.15) is 0 Å². The summed E-state index contributed by atoms with van der Waals surface area (Å²) < 4.78 is 21.9. The minimum Gasteiger partial charge on any atom is -0.426 e. The molecule has 0 saturated heterocycles. The Morgan fingerprint density at radius 1 is 0.679 bits per heavy atom. The van der Waals surface area contributed by atoms with Crippen molar-refractivity contribution in [2.75, 3.05) is 0 Å². The van der Waals surface area contributed by atoms with Crippen molar-refractivity contribution in [3.63, 3.8) is 0 Å². The Labute approximate surface area is 213 Å². The summed E-state index contributed by atoms with van der Waals surface area (Å²) in [5.41, 5.74) is 3.26. The molecular weight excluding hydrogens is 775 g/mol. The van der Waals surface area contributed by atoms with Crippen LogP contribution in [0.5, 0.6) is 5.75 Å². The van der Waals surface area contributed by atoms with Crippen LogP contribution in [-0.4, -0.2) is 4.89 Å². The first-order valence-electron chi connectivity index (χ1n) is 7.54. The van der Waals surface area contributed by atoms with Gasteiger partial charge in [0.25, 0.3) is 0 Å². The molecule has 0 heterocycles. The second-order valence-corrected chi connectivity index (χ2v) is 11.1. The van der Waals surface area contributed by atoms with E-state index in [1.54, 1.807) is 12.1 Å². The molecule has 0 saturated carbocycles. The number of hydrogen-bond acceptors (Lipinski definition) is 2. The first-order chi connectivity index (χ1) is 13.2. The van der Waals surface area contributed by atoms with Gasteiger partial charge >= 0.3 is 8.25 Å². The predicted molar refractivity (Wildman–Crippen MR) is 135 cm³/mol. The van der Waals surface area contributed by atoms with E-state index in [-0.39, 0.29) is 0 Å². The number of hydrogen-bond donors (Lipinski definition) is 1. The first kappa shape index (κ1) is 23.2. The zero-order valence-corrected chi connectivity index (χ0v) is 24.1. The monoisotopic (exact) mass is 778 g/mol. The van der Waals surface area contributed by atoms with Gasteiger partial charge in [-0.05, 0) is 125 Å². The summed E-state index contributed by atoms with van der Waals surface area (Å²) in [6, 6.07) is 13.1. The third-order valence-electron chi connectivity index (χ3n) is 3.85. The molecule has 0 aromatic heterocycles. The molecular formula is C18H9Br6O3P. The molecule has 3 rings (SSSR count). The van der Waals surface area contributed by atoms with E-state index in [0.29, 0.717) is 11.3 Å². The van der Waals surface area contributed by atoms with Crippen LogP contribution in [0.4, 0.5) is 0 Å². The summed E-state index contributed by atoms with van der Waals surface area (Å²) in [6.45, 7) is 0. The number of rotatable bonds is 4. The van der Waals surface area contributed by atoms with Gasteiger partial charge in [0.1, 0.15) is 5.75 Å². The molecule has 0 aliphatic rings. The zero-order valence-electron chi connectivity index (χ0n) is 13.6. The van der Waals surface area contributed by atoms with Crippen molar-refractivity contribution in [3.8, 4) is 28.0 Å². The van der Waals surface area contributed by atoms with Crippen LogP contribution >= 0.6 is 104 Å². The van der Waals surface area contributed by atoms with Crippen LogP contribution in [0.3, 0.4) is 0 Å². The van der Waals surface area contributed by atoms with Crippen LogP contribution in [0.25, 0.3) is 22.3 Å². The Bertz CT molecular complexity index is 1100. The summed E-state index contributed by atoms with van der Waals surface area (Å²) in [4.78, 5) is 9.41. The fraction of sp³-hybridized carbons (Fsp3) is 0. The second kappa shape index (κ2) is 9.77. The van der Waals surface area contributed by atoms with Crippen molar-refractivity contribution in [3.05, 3.63) is 69.3 Å². The molecule has 0 bridgehead atoms. The maximum Gasteiger partial charge on any atom is 0.365 e. The van der Waals surface area contributed by atoms with Crippen molar-refractivity contribution in [2.24, 2.45) is 0 Å². The van der Waals surface area contributed by atoms with Gasteiger partial charge in [-0.15, -0.1) is 0 Å². The SMILES string of the molecule is O=[PH](O)Oc1cccc(-c2ccc(Br)c(Br)c2Br)c1-c1ccc(Br)c(Br)c1Br. The van der Waals surface area contributed by atoms with Crippen molar-refractivity contribution in [1.29, 1.82) is 0 Å². The normalized spacial score (nSPS) is 12.1. The van der Waals surface area contributed by atoms with E-state index >= 15 is 0 Å². The van der Waals surface area contributed by atoms with Crippen LogP contribution in [0.2, 0.25) is 0 Å². The third-order valence-corrected chi connectivity index (χ3v) is 11.0.